The van der Waals surface area contributed by atoms with E-state index in [9.17, 15) is 9.18 Å². The molecule has 1 heterocycles. The highest BCUT2D eigenvalue weighted by atomic mass is 35.5. The van der Waals surface area contributed by atoms with Crippen LogP contribution >= 0.6 is 34.8 Å². The molecule has 0 amide bonds. The lowest BCUT2D eigenvalue weighted by Gasteiger charge is -2.07. The highest BCUT2D eigenvalue weighted by molar-refractivity contribution is 6.41. The van der Waals surface area contributed by atoms with Crippen molar-refractivity contribution in [1.29, 1.82) is 0 Å². The molecule has 94 valence electrons. The van der Waals surface area contributed by atoms with E-state index in [1.807, 2.05) is 0 Å². The van der Waals surface area contributed by atoms with Crippen molar-refractivity contribution in [2.24, 2.45) is 0 Å². The number of rotatable bonds is 2. The first kappa shape index (κ1) is 13.3. The summed E-state index contributed by atoms with van der Waals surface area (Å²) in [5, 5.41) is 3.68. The third kappa shape index (κ3) is 2.51. The number of hydrogen-bond donors (Lipinski definition) is 0. The quantitative estimate of drug-likeness (QED) is 0.852. The fraction of sp³-hybridized carbons (Fsp3) is 0.0909. The van der Waals surface area contributed by atoms with Crippen LogP contribution in [-0.2, 0) is 6.54 Å². The van der Waals surface area contributed by atoms with Crippen molar-refractivity contribution in [3.63, 3.8) is 0 Å². The lowest BCUT2D eigenvalue weighted by molar-refractivity contribution is 0.572. The van der Waals surface area contributed by atoms with E-state index in [0.29, 0.717) is 0 Å². The molecule has 0 saturated heterocycles. The van der Waals surface area contributed by atoms with Gasteiger partial charge in [0.15, 0.2) is 0 Å². The maximum Gasteiger partial charge on any atom is 0.287 e. The molecule has 0 N–H and O–H groups in total. The molecule has 2 aromatic rings. The Kier molecular flexibility index (Phi) is 3.90. The zero-order valence-corrected chi connectivity index (χ0v) is 11.1. The molecule has 3 nitrogen and oxygen atoms in total. The Hall–Kier alpha value is -1.10. The zero-order valence-electron chi connectivity index (χ0n) is 8.83. The third-order valence-electron chi connectivity index (χ3n) is 2.29. The Morgan fingerprint density at radius 1 is 1.22 bits per heavy atom. The average Bonchev–Trinajstić information content (AvgIpc) is 2.35. The first-order valence-electron chi connectivity index (χ1n) is 4.84. The summed E-state index contributed by atoms with van der Waals surface area (Å²) in [5.74, 6) is -0.584. The second kappa shape index (κ2) is 5.26. The molecule has 7 heteroatoms. The maximum atomic E-state index is 13.7. The number of aromatic nitrogens is 2. The van der Waals surface area contributed by atoms with Crippen molar-refractivity contribution in [1.82, 2.24) is 9.78 Å². The molecule has 0 saturated carbocycles. The van der Waals surface area contributed by atoms with Crippen molar-refractivity contribution >= 4 is 34.8 Å². The second-order valence-electron chi connectivity index (χ2n) is 3.48. The van der Waals surface area contributed by atoms with Gasteiger partial charge in [-0.2, -0.15) is 5.10 Å². The summed E-state index contributed by atoms with van der Waals surface area (Å²) in [4.78, 5) is 11.7. The normalized spacial score (nSPS) is 10.7. The van der Waals surface area contributed by atoms with E-state index < -0.39 is 11.4 Å². The molecular formula is C11H6Cl3FN2O. The first-order valence-corrected chi connectivity index (χ1v) is 5.98. The Balaban J connectivity index is 2.44. The minimum atomic E-state index is -0.584. The van der Waals surface area contributed by atoms with E-state index in [4.69, 9.17) is 34.8 Å². The van der Waals surface area contributed by atoms with Gasteiger partial charge < -0.3 is 0 Å². The van der Waals surface area contributed by atoms with Crippen LogP contribution < -0.4 is 5.56 Å². The Morgan fingerprint density at radius 2 is 1.94 bits per heavy atom. The molecule has 0 fully saturated rings. The van der Waals surface area contributed by atoms with Crippen LogP contribution in [0.25, 0.3) is 0 Å². The predicted octanol–water partition coefficient (Wildman–Crippen LogP) is 3.39. The summed E-state index contributed by atoms with van der Waals surface area (Å²) in [6.45, 7) is -0.0673. The highest BCUT2D eigenvalue weighted by Gasteiger charge is 2.11. The fourth-order valence-electron chi connectivity index (χ4n) is 1.39. The molecule has 1 aromatic heterocycles. The number of hydrogen-bond acceptors (Lipinski definition) is 2. The summed E-state index contributed by atoms with van der Waals surface area (Å²) >= 11 is 17.0. The molecule has 0 aliphatic carbocycles. The van der Waals surface area contributed by atoms with Crippen LogP contribution in [-0.4, -0.2) is 9.78 Å². The average molecular weight is 308 g/mol. The van der Waals surface area contributed by atoms with Crippen LogP contribution in [0.3, 0.4) is 0 Å². The molecule has 0 bridgehead atoms. The molecule has 0 unspecified atom stereocenters. The van der Waals surface area contributed by atoms with Crippen LogP contribution in [0.2, 0.25) is 15.1 Å². The van der Waals surface area contributed by atoms with Gasteiger partial charge in [-0.05, 0) is 6.07 Å². The lowest BCUT2D eigenvalue weighted by Crippen LogP contribution is -2.24. The van der Waals surface area contributed by atoms with E-state index in [1.54, 1.807) is 6.07 Å². The van der Waals surface area contributed by atoms with Gasteiger partial charge in [0.1, 0.15) is 10.8 Å². The molecule has 18 heavy (non-hydrogen) atoms. The van der Waals surface area contributed by atoms with Crippen LogP contribution in [0.1, 0.15) is 5.56 Å². The monoisotopic (exact) mass is 306 g/mol. The van der Waals surface area contributed by atoms with Gasteiger partial charge in [-0.15, -0.1) is 0 Å². The van der Waals surface area contributed by atoms with Gasteiger partial charge in [0.05, 0.1) is 22.8 Å². The third-order valence-corrected chi connectivity index (χ3v) is 3.33. The zero-order chi connectivity index (χ0) is 13.3. The van der Waals surface area contributed by atoms with Gasteiger partial charge in [-0.25, -0.2) is 9.07 Å². The van der Waals surface area contributed by atoms with Crippen molar-refractivity contribution in [2.75, 3.05) is 0 Å². The Bertz CT molecular complexity index is 657. The van der Waals surface area contributed by atoms with Crippen molar-refractivity contribution in [3.8, 4) is 0 Å². The molecular weight excluding hydrogens is 301 g/mol. The van der Waals surface area contributed by atoms with Crippen molar-refractivity contribution in [2.45, 2.75) is 6.54 Å². The van der Waals surface area contributed by atoms with E-state index in [0.717, 1.165) is 4.68 Å². The summed E-state index contributed by atoms with van der Waals surface area (Å²) in [6, 6.07) is 4.52. The minimum absolute atomic E-state index is 0.0133. The first-order chi connectivity index (χ1) is 8.50. The van der Waals surface area contributed by atoms with Gasteiger partial charge in [0.2, 0.25) is 0 Å². The van der Waals surface area contributed by atoms with Gasteiger partial charge in [0, 0.05) is 5.56 Å². The summed E-state index contributed by atoms with van der Waals surface area (Å²) in [5.41, 5.74) is -0.334. The van der Waals surface area contributed by atoms with Crippen LogP contribution in [0.15, 0.2) is 29.2 Å². The molecule has 0 radical (unpaired) electrons. The summed E-state index contributed by atoms with van der Waals surface area (Å²) < 4.78 is 14.7. The van der Waals surface area contributed by atoms with Crippen LogP contribution in [0, 0.1) is 5.82 Å². The lowest BCUT2D eigenvalue weighted by atomic mass is 10.2. The van der Waals surface area contributed by atoms with E-state index in [-0.39, 0.29) is 27.2 Å². The van der Waals surface area contributed by atoms with Gasteiger partial charge in [-0.1, -0.05) is 46.9 Å². The number of benzene rings is 1. The number of nitrogens with zero attached hydrogens (tertiary/aromatic N) is 2. The van der Waals surface area contributed by atoms with Crippen molar-refractivity contribution < 1.29 is 4.39 Å². The van der Waals surface area contributed by atoms with Crippen molar-refractivity contribution in [3.05, 3.63) is 61.2 Å². The molecule has 0 aliphatic heterocycles. The molecule has 2 rings (SSSR count). The van der Waals surface area contributed by atoms with E-state index >= 15 is 0 Å². The predicted molar refractivity (Wildman–Crippen MR) is 69.0 cm³/mol. The topological polar surface area (TPSA) is 34.9 Å². The van der Waals surface area contributed by atoms with Crippen LogP contribution in [0.5, 0.6) is 0 Å². The van der Waals surface area contributed by atoms with E-state index in [1.165, 1.54) is 18.3 Å². The second-order valence-corrected chi connectivity index (χ2v) is 4.67. The highest BCUT2D eigenvalue weighted by Crippen LogP contribution is 2.19. The largest absolute Gasteiger partial charge is 0.287 e. The Labute approximate surface area is 117 Å². The molecule has 0 spiro atoms. The van der Waals surface area contributed by atoms with Gasteiger partial charge >= 0.3 is 0 Å². The smallest absolute Gasteiger partial charge is 0.266 e. The maximum absolute atomic E-state index is 13.7. The summed E-state index contributed by atoms with van der Waals surface area (Å²) in [7, 11) is 0. The summed E-state index contributed by atoms with van der Waals surface area (Å²) in [6.07, 6.45) is 1.23. The van der Waals surface area contributed by atoms with Crippen LogP contribution in [0.4, 0.5) is 4.39 Å². The van der Waals surface area contributed by atoms with Gasteiger partial charge in [0.25, 0.3) is 5.56 Å². The fourth-order valence-corrected chi connectivity index (χ4v) is 1.85. The molecule has 1 aromatic carbocycles. The van der Waals surface area contributed by atoms with Gasteiger partial charge in [-0.3, -0.25) is 4.79 Å². The standard InChI is InChI=1S/C11H6Cl3FN2O/c12-7-3-1-2-6(10(7)15)5-17-11(18)9(14)8(13)4-16-17/h1-4H,5H2. The molecule has 0 aliphatic rings. The minimum Gasteiger partial charge on any atom is -0.266 e. The number of halogens is 4. The SMILES string of the molecule is O=c1c(Cl)c(Cl)cnn1Cc1cccc(Cl)c1F. The van der Waals surface area contributed by atoms with E-state index in [2.05, 4.69) is 5.10 Å². The molecule has 0 atom stereocenters. The Morgan fingerprint density at radius 3 is 2.67 bits per heavy atom.